The van der Waals surface area contributed by atoms with E-state index in [9.17, 15) is 0 Å². The van der Waals surface area contributed by atoms with Crippen LogP contribution in [0.15, 0.2) is 36.4 Å². The zero-order chi connectivity index (χ0) is 17.6. The summed E-state index contributed by atoms with van der Waals surface area (Å²) in [6.45, 7) is 0.854. The smallest absolute Gasteiger partial charge is 0.178 e. The lowest BCUT2D eigenvalue weighted by molar-refractivity contribution is 0.250. The summed E-state index contributed by atoms with van der Waals surface area (Å²) in [5.74, 6) is 3.37. The molecule has 6 nitrogen and oxygen atoms in total. The zero-order valence-corrected chi connectivity index (χ0v) is 15.0. The maximum Gasteiger partial charge on any atom is 0.178 e. The van der Waals surface area contributed by atoms with Crippen LogP contribution in [-0.2, 0) is 5.41 Å². The first kappa shape index (κ1) is 15.6. The number of para-hydroxylation sites is 1. The lowest BCUT2D eigenvalue weighted by atomic mass is 9.64. The molecule has 2 heterocycles. The number of aromatic nitrogens is 4. The molecule has 0 aliphatic heterocycles. The molecule has 6 heteroatoms. The maximum absolute atomic E-state index is 5.61. The van der Waals surface area contributed by atoms with Gasteiger partial charge >= 0.3 is 0 Å². The van der Waals surface area contributed by atoms with Crippen LogP contribution in [0, 0.1) is 0 Å². The molecule has 1 N–H and O–H groups in total. The second-order valence-corrected chi connectivity index (χ2v) is 7.51. The Morgan fingerprint density at radius 3 is 2.73 bits per heavy atom. The number of nitrogens with one attached hydrogen (secondary N) is 1. The number of fused-ring (bicyclic) bond motifs is 1. The number of benzene rings is 1. The van der Waals surface area contributed by atoms with Crippen LogP contribution >= 0.6 is 0 Å². The van der Waals surface area contributed by atoms with Gasteiger partial charge in [0.2, 0.25) is 0 Å². The second-order valence-electron chi connectivity index (χ2n) is 7.51. The normalized spacial score (nSPS) is 18.5. The van der Waals surface area contributed by atoms with Gasteiger partial charge in [0.25, 0.3) is 0 Å². The third-order valence-electron chi connectivity index (χ3n) is 5.83. The van der Waals surface area contributed by atoms with Gasteiger partial charge in [-0.2, -0.15) is 4.52 Å². The topological polar surface area (TPSA) is 64.3 Å². The molecule has 0 spiro atoms. The molecule has 5 rings (SSSR count). The molecule has 2 aliphatic carbocycles. The fourth-order valence-electron chi connectivity index (χ4n) is 3.98. The van der Waals surface area contributed by atoms with E-state index in [1.54, 1.807) is 7.11 Å². The minimum absolute atomic E-state index is 0.121. The van der Waals surface area contributed by atoms with Gasteiger partial charge in [-0.15, -0.1) is 15.3 Å². The Morgan fingerprint density at radius 1 is 1.15 bits per heavy atom. The first-order valence-corrected chi connectivity index (χ1v) is 9.39. The van der Waals surface area contributed by atoms with Crippen molar-refractivity contribution in [2.45, 2.75) is 43.4 Å². The van der Waals surface area contributed by atoms with E-state index in [2.05, 4.69) is 33.7 Å². The number of hydrogen-bond donors (Lipinski definition) is 1. The molecule has 1 aromatic carbocycles. The van der Waals surface area contributed by atoms with Gasteiger partial charge in [0.15, 0.2) is 11.5 Å². The molecule has 0 unspecified atom stereocenters. The minimum Gasteiger partial charge on any atom is -0.496 e. The number of rotatable bonds is 6. The standard InChI is InChI=1S/C20H23N5O/c1-26-16-6-3-2-5-15(16)20(11-4-12-20)13-21-17-9-10-18-22-23-19(14-7-8-14)25(18)24-17/h2-3,5-6,9-10,14H,4,7-8,11-13H2,1H3,(H,21,24). The molecule has 3 aromatic rings. The Balaban J connectivity index is 1.41. The maximum atomic E-state index is 5.61. The van der Waals surface area contributed by atoms with Crippen molar-refractivity contribution in [2.75, 3.05) is 19.0 Å². The highest BCUT2D eigenvalue weighted by atomic mass is 16.5. The largest absolute Gasteiger partial charge is 0.496 e. The fourth-order valence-corrected chi connectivity index (χ4v) is 3.98. The van der Waals surface area contributed by atoms with Gasteiger partial charge in [0.05, 0.1) is 7.11 Å². The highest BCUT2D eigenvalue weighted by molar-refractivity contribution is 5.47. The van der Waals surface area contributed by atoms with Crippen LogP contribution in [0.1, 0.15) is 49.4 Å². The van der Waals surface area contributed by atoms with Crippen molar-refractivity contribution < 1.29 is 4.74 Å². The number of ether oxygens (including phenoxy) is 1. The van der Waals surface area contributed by atoms with Gasteiger partial charge in [-0.3, -0.25) is 0 Å². The van der Waals surface area contributed by atoms with E-state index in [1.807, 2.05) is 22.7 Å². The molecule has 0 radical (unpaired) electrons. The summed E-state index contributed by atoms with van der Waals surface area (Å²) < 4.78 is 7.51. The number of hydrogen-bond acceptors (Lipinski definition) is 5. The average Bonchev–Trinajstić information content (AvgIpc) is 3.40. The van der Waals surface area contributed by atoms with Crippen LogP contribution < -0.4 is 10.1 Å². The molecule has 2 aliphatic rings. The summed E-state index contributed by atoms with van der Waals surface area (Å²) in [7, 11) is 1.75. The molecule has 2 fully saturated rings. The van der Waals surface area contributed by atoms with Gasteiger partial charge in [0, 0.05) is 23.4 Å². The molecule has 0 atom stereocenters. The van der Waals surface area contributed by atoms with Crippen molar-refractivity contribution in [1.82, 2.24) is 19.8 Å². The molecule has 0 bridgehead atoms. The SMILES string of the molecule is COc1ccccc1C1(CNc2ccc3nnc(C4CC4)n3n2)CCC1. The summed E-state index contributed by atoms with van der Waals surface area (Å²) in [5.41, 5.74) is 2.24. The molecule has 0 saturated heterocycles. The molecule has 26 heavy (non-hydrogen) atoms. The predicted molar refractivity (Wildman–Crippen MR) is 99.8 cm³/mol. The van der Waals surface area contributed by atoms with E-state index in [0.717, 1.165) is 29.6 Å². The van der Waals surface area contributed by atoms with Gasteiger partial charge in [-0.25, -0.2) is 0 Å². The highest BCUT2D eigenvalue weighted by Gasteiger charge is 2.40. The van der Waals surface area contributed by atoms with Crippen LogP contribution in [0.4, 0.5) is 5.82 Å². The van der Waals surface area contributed by atoms with Gasteiger partial charge in [-0.05, 0) is 43.9 Å². The molecule has 2 saturated carbocycles. The Morgan fingerprint density at radius 2 is 2.00 bits per heavy atom. The van der Waals surface area contributed by atoms with E-state index in [1.165, 1.54) is 37.7 Å². The minimum atomic E-state index is 0.121. The monoisotopic (exact) mass is 349 g/mol. The van der Waals surface area contributed by atoms with Crippen molar-refractivity contribution in [1.29, 1.82) is 0 Å². The predicted octanol–water partition coefficient (Wildman–Crippen LogP) is 3.54. The van der Waals surface area contributed by atoms with Crippen molar-refractivity contribution in [2.24, 2.45) is 0 Å². The van der Waals surface area contributed by atoms with Crippen molar-refractivity contribution in [3.63, 3.8) is 0 Å². The third-order valence-corrected chi connectivity index (χ3v) is 5.83. The fraction of sp³-hybridized carbons (Fsp3) is 0.450. The number of nitrogens with zero attached hydrogens (tertiary/aromatic N) is 4. The van der Waals surface area contributed by atoms with E-state index < -0.39 is 0 Å². The molecular weight excluding hydrogens is 326 g/mol. The molecule has 134 valence electrons. The Bertz CT molecular complexity index is 942. The second kappa shape index (κ2) is 5.97. The third kappa shape index (κ3) is 2.52. The van der Waals surface area contributed by atoms with Gasteiger partial charge in [0.1, 0.15) is 11.6 Å². The first-order chi connectivity index (χ1) is 12.8. The summed E-state index contributed by atoms with van der Waals surface area (Å²) in [6.07, 6.45) is 5.97. The first-order valence-electron chi connectivity index (χ1n) is 9.39. The van der Waals surface area contributed by atoms with Crippen molar-refractivity contribution >= 4 is 11.5 Å². The van der Waals surface area contributed by atoms with E-state index in [4.69, 9.17) is 9.84 Å². The quantitative estimate of drug-likeness (QED) is 0.737. The highest BCUT2D eigenvalue weighted by Crippen LogP contribution is 2.47. The van der Waals surface area contributed by atoms with E-state index in [-0.39, 0.29) is 5.41 Å². The number of methoxy groups -OCH3 is 1. The summed E-state index contributed by atoms with van der Waals surface area (Å²) in [6, 6.07) is 12.4. The molecule has 0 amide bonds. The van der Waals surface area contributed by atoms with E-state index in [0.29, 0.717) is 5.92 Å². The zero-order valence-electron chi connectivity index (χ0n) is 15.0. The lowest BCUT2D eigenvalue weighted by Crippen LogP contribution is -2.41. The van der Waals surface area contributed by atoms with Crippen LogP contribution in [0.25, 0.3) is 5.65 Å². The van der Waals surface area contributed by atoms with Crippen LogP contribution in [0.2, 0.25) is 0 Å². The Hall–Kier alpha value is -2.63. The number of anilines is 1. The Kier molecular flexibility index (Phi) is 3.58. The van der Waals surface area contributed by atoms with Gasteiger partial charge in [-0.1, -0.05) is 24.6 Å². The van der Waals surface area contributed by atoms with Crippen LogP contribution in [0.3, 0.4) is 0 Å². The summed E-state index contributed by atoms with van der Waals surface area (Å²) >= 11 is 0. The van der Waals surface area contributed by atoms with Crippen LogP contribution in [0.5, 0.6) is 5.75 Å². The molecular formula is C20H23N5O. The van der Waals surface area contributed by atoms with Gasteiger partial charge < -0.3 is 10.1 Å². The Labute approximate surface area is 152 Å². The molecule has 2 aromatic heterocycles. The van der Waals surface area contributed by atoms with Crippen molar-refractivity contribution in [3.8, 4) is 5.75 Å². The average molecular weight is 349 g/mol. The summed E-state index contributed by atoms with van der Waals surface area (Å²) in [4.78, 5) is 0. The van der Waals surface area contributed by atoms with E-state index >= 15 is 0 Å². The summed E-state index contributed by atoms with van der Waals surface area (Å²) in [5, 5.41) is 16.9. The van der Waals surface area contributed by atoms with Crippen molar-refractivity contribution in [3.05, 3.63) is 47.8 Å². The van der Waals surface area contributed by atoms with Crippen LogP contribution in [-0.4, -0.2) is 33.5 Å². The lowest BCUT2D eigenvalue weighted by Gasteiger charge is -2.43.